The minimum Gasteiger partial charge on any atom is -0.454 e. The minimum atomic E-state index is -0.578. The van der Waals surface area contributed by atoms with Gasteiger partial charge in [0.05, 0.1) is 11.1 Å². The summed E-state index contributed by atoms with van der Waals surface area (Å²) in [5.74, 6) is 0.239. The normalized spacial score (nSPS) is 11.9. The Kier molecular flexibility index (Phi) is 5.75. The summed E-state index contributed by atoms with van der Waals surface area (Å²) < 4.78 is 10.5. The van der Waals surface area contributed by atoms with Crippen LogP contribution in [-0.2, 0) is 0 Å². The molecule has 0 radical (unpaired) electrons. The summed E-state index contributed by atoms with van der Waals surface area (Å²) in [5, 5.41) is 17.4. The van der Waals surface area contributed by atoms with Gasteiger partial charge in [-0.25, -0.2) is 5.43 Å². The molecule has 0 aliphatic carbocycles. The van der Waals surface area contributed by atoms with Crippen LogP contribution in [0, 0.1) is 10.1 Å². The van der Waals surface area contributed by atoms with Crippen LogP contribution < -0.4 is 20.2 Å². The van der Waals surface area contributed by atoms with Crippen LogP contribution in [-0.4, -0.2) is 29.7 Å². The Labute approximate surface area is 181 Å². The smallest absolute Gasteiger partial charge is 0.271 e. The lowest BCUT2D eigenvalue weighted by Gasteiger charge is -2.07. The van der Waals surface area contributed by atoms with Gasteiger partial charge in [0.15, 0.2) is 11.5 Å². The third-order valence-corrected chi connectivity index (χ3v) is 4.48. The number of nitro benzene ring substituents is 1. The molecular formula is C22H16N4O6. The molecule has 3 aromatic rings. The summed E-state index contributed by atoms with van der Waals surface area (Å²) in [4.78, 5) is 35.1. The highest BCUT2D eigenvalue weighted by molar-refractivity contribution is 6.05. The standard InChI is InChI=1S/C22H16N4O6/c27-21(16-4-2-6-18(11-16)26(29)30)24-17-5-1-3-15(10-17)22(28)25-23-12-14-7-8-19-20(9-14)32-13-31-19/h1-12H,13H2,(H,24,27)(H,25,28)/b23-12+. The van der Waals surface area contributed by atoms with Crippen molar-refractivity contribution in [2.24, 2.45) is 5.10 Å². The van der Waals surface area contributed by atoms with E-state index in [1.165, 1.54) is 36.5 Å². The van der Waals surface area contributed by atoms with Gasteiger partial charge in [0.2, 0.25) is 6.79 Å². The maximum atomic E-state index is 12.4. The maximum absolute atomic E-state index is 12.4. The monoisotopic (exact) mass is 432 g/mol. The van der Waals surface area contributed by atoms with Gasteiger partial charge < -0.3 is 14.8 Å². The molecule has 4 rings (SSSR count). The van der Waals surface area contributed by atoms with Crippen LogP contribution in [0.5, 0.6) is 11.5 Å². The van der Waals surface area contributed by atoms with Crippen LogP contribution in [0.1, 0.15) is 26.3 Å². The van der Waals surface area contributed by atoms with Crippen molar-refractivity contribution in [3.63, 3.8) is 0 Å². The maximum Gasteiger partial charge on any atom is 0.271 e. The van der Waals surface area contributed by atoms with Gasteiger partial charge in [-0.15, -0.1) is 0 Å². The van der Waals surface area contributed by atoms with E-state index in [1.54, 1.807) is 36.4 Å². The summed E-state index contributed by atoms with van der Waals surface area (Å²) in [6, 6.07) is 16.9. The van der Waals surface area contributed by atoms with E-state index in [4.69, 9.17) is 9.47 Å². The van der Waals surface area contributed by atoms with Crippen LogP contribution >= 0.6 is 0 Å². The van der Waals surface area contributed by atoms with Crippen molar-refractivity contribution in [3.8, 4) is 11.5 Å². The Bertz CT molecular complexity index is 1240. The number of fused-ring (bicyclic) bond motifs is 1. The molecule has 2 amide bonds. The molecule has 160 valence electrons. The van der Waals surface area contributed by atoms with E-state index in [2.05, 4.69) is 15.8 Å². The molecule has 10 heteroatoms. The lowest BCUT2D eigenvalue weighted by molar-refractivity contribution is -0.384. The summed E-state index contributed by atoms with van der Waals surface area (Å²) in [6.07, 6.45) is 1.47. The first-order chi connectivity index (χ1) is 15.5. The predicted octanol–water partition coefficient (Wildman–Crippen LogP) is 3.34. The summed E-state index contributed by atoms with van der Waals surface area (Å²) in [7, 11) is 0. The van der Waals surface area contributed by atoms with Gasteiger partial charge in [0.25, 0.3) is 17.5 Å². The predicted molar refractivity (Wildman–Crippen MR) is 115 cm³/mol. The highest BCUT2D eigenvalue weighted by Crippen LogP contribution is 2.31. The Hall–Kier alpha value is -4.73. The molecule has 1 aliphatic heterocycles. The molecule has 0 spiro atoms. The van der Waals surface area contributed by atoms with Crippen LogP contribution in [0.15, 0.2) is 71.8 Å². The third-order valence-electron chi connectivity index (χ3n) is 4.48. The van der Waals surface area contributed by atoms with Gasteiger partial charge in [-0.2, -0.15) is 5.10 Å². The average molecular weight is 432 g/mol. The van der Waals surface area contributed by atoms with Crippen LogP contribution in [0.25, 0.3) is 0 Å². The number of benzene rings is 3. The molecule has 1 heterocycles. The lowest BCUT2D eigenvalue weighted by atomic mass is 10.1. The Balaban J connectivity index is 1.40. The molecule has 10 nitrogen and oxygen atoms in total. The van der Waals surface area contributed by atoms with Gasteiger partial charge in [-0.3, -0.25) is 19.7 Å². The molecule has 0 bridgehead atoms. The molecule has 32 heavy (non-hydrogen) atoms. The second-order valence-corrected chi connectivity index (χ2v) is 6.65. The number of hydrogen-bond donors (Lipinski definition) is 2. The van der Waals surface area contributed by atoms with E-state index in [1.807, 2.05) is 0 Å². The second-order valence-electron chi connectivity index (χ2n) is 6.65. The fraction of sp³-hybridized carbons (Fsp3) is 0.0455. The largest absolute Gasteiger partial charge is 0.454 e. The van der Waals surface area contributed by atoms with E-state index < -0.39 is 16.7 Å². The summed E-state index contributed by atoms with van der Waals surface area (Å²) in [6.45, 7) is 0.167. The summed E-state index contributed by atoms with van der Waals surface area (Å²) in [5.41, 5.74) is 3.70. The minimum absolute atomic E-state index is 0.127. The van der Waals surface area contributed by atoms with Crippen molar-refractivity contribution in [1.29, 1.82) is 0 Å². The van der Waals surface area contributed by atoms with Crippen LogP contribution in [0.3, 0.4) is 0 Å². The number of nitrogens with one attached hydrogen (secondary N) is 2. The molecule has 0 saturated carbocycles. The molecule has 0 fully saturated rings. The number of hydrogen-bond acceptors (Lipinski definition) is 7. The number of carbonyl (C=O) groups is 2. The van der Waals surface area contributed by atoms with E-state index in [9.17, 15) is 19.7 Å². The number of rotatable bonds is 6. The van der Waals surface area contributed by atoms with E-state index in [-0.39, 0.29) is 23.6 Å². The molecule has 0 saturated heterocycles. The van der Waals surface area contributed by atoms with Crippen LogP contribution in [0.2, 0.25) is 0 Å². The zero-order valence-electron chi connectivity index (χ0n) is 16.5. The van der Waals surface area contributed by atoms with E-state index >= 15 is 0 Å². The molecular weight excluding hydrogens is 416 g/mol. The number of nitro groups is 1. The summed E-state index contributed by atoms with van der Waals surface area (Å²) >= 11 is 0. The Morgan fingerprint density at radius 3 is 2.50 bits per heavy atom. The van der Waals surface area contributed by atoms with Gasteiger partial charge in [-0.05, 0) is 48.0 Å². The number of non-ortho nitro benzene ring substituents is 1. The Morgan fingerprint density at radius 1 is 0.938 bits per heavy atom. The SMILES string of the molecule is O=C(N/N=C/c1ccc2c(c1)OCO2)c1cccc(NC(=O)c2cccc([N+](=O)[O-])c2)c1. The van der Waals surface area contributed by atoms with Crippen molar-refractivity contribution in [3.05, 3.63) is 93.5 Å². The van der Waals surface area contributed by atoms with Crippen molar-refractivity contribution in [2.75, 3.05) is 12.1 Å². The average Bonchev–Trinajstić information content (AvgIpc) is 3.27. The van der Waals surface area contributed by atoms with Crippen molar-refractivity contribution < 1.29 is 24.0 Å². The van der Waals surface area contributed by atoms with Gasteiger partial charge in [0.1, 0.15) is 0 Å². The first-order valence-corrected chi connectivity index (χ1v) is 9.38. The quantitative estimate of drug-likeness (QED) is 0.349. The number of anilines is 1. The zero-order valence-corrected chi connectivity index (χ0v) is 16.5. The van der Waals surface area contributed by atoms with Gasteiger partial charge in [0, 0.05) is 28.9 Å². The highest BCUT2D eigenvalue weighted by atomic mass is 16.7. The number of nitrogens with zero attached hydrogens (tertiary/aromatic N) is 2. The van der Waals surface area contributed by atoms with Crippen molar-refractivity contribution in [1.82, 2.24) is 5.43 Å². The lowest BCUT2D eigenvalue weighted by Crippen LogP contribution is -2.18. The van der Waals surface area contributed by atoms with E-state index in [0.29, 0.717) is 22.7 Å². The zero-order chi connectivity index (χ0) is 22.5. The van der Waals surface area contributed by atoms with Crippen molar-refractivity contribution >= 4 is 29.4 Å². The molecule has 3 aromatic carbocycles. The Morgan fingerprint density at radius 2 is 1.69 bits per heavy atom. The fourth-order valence-corrected chi connectivity index (χ4v) is 2.93. The molecule has 2 N–H and O–H groups in total. The molecule has 0 aromatic heterocycles. The first-order valence-electron chi connectivity index (χ1n) is 9.38. The van der Waals surface area contributed by atoms with Crippen LogP contribution in [0.4, 0.5) is 11.4 Å². The number of amides is 2. The van der Waals surface area contributed by atoms with Crippen molar-refractivity contribution in [2.45, 2.75) is 0 Å². The van der Waals surface area contributed by atoms with E-state index in [0.717, 1.165) is 0 Å². The highest BCUT2D eigenvalue weighted by Gasteiger charge is 2.14. The van der Waals surface area contributed by atoms with Gasteiger partial charge >= 0.3 is 0 Å². The topological polar surface area (TPSA) is 132 Å². The number of hydrazone groups is 1. The number of carbonyl (C=O) groups excluding carboxylic acids is 2. The molecule has 0 unspecified atom stereocenters. The number of ether oxygens (including phenoxy) is 2. The van der Waals surface area contributed by atoms with Gasteiger partial charge in [-0.1, -0.05) is 12.1 Å². The third kappa shape index (κ3) is 4.70. The second kappa shape index (κ2) is 8.96. The fourth-order valence-electron chi connectivity index (χ4n) is 2.93. The first kappa shape index (κ1) is 20.5. The molecule has 1 aliphatic rings. The molecule has 0 atom stereocenters.